The van der Waals surface area contributed by atoms with E-state index in [-0.39, 0.29) is 18.4 Å². The average molecular weight is 383 g/mol. The zero-order valence-corrected chi connectivity index (χ0v) is 16.2. The van der Waals surface area contributed by atoms with Gasteiger partial charge in [0.2, 0.25) is 5.91 Å². The van der Waals surface area contributed by atoms with Crippen LogP contribution in [-0.4, -0.2) is 31.8 Å². The van der Waals surface area contributed by atoms with Gasteiger partial charge in [0.15, 0.2) is 11.5 Å². The van der Waals surface area contributed by atoms with Gasteiger partial charge in [0.1, 0.15) is 30.8 Å². The van der Waals surface area contributed by atoms with Crippen LogP contribution in [0, 0.1) is 0 Å². The second-order valence-corrected chi connectivity index (χ2v) is 7.06. The maximum absolute atomic E-state index is 12.5. The fraction of sp³-hybridized carbons (Fsp3) is 0.409. The molecule has 148 valence electrons. The molecule has 0 bridgehead atoms. The molecule has 2 aliphatic heterocycles. The lowest BCUT2D eigenvalue weighted by molar-refractivity contribution is -0.120. The van der Waals surface area contributed by atoms with Crippen LogP contribution in [0.4, 0.5) is 0 Å². The van der Waals surface area contributed by atoms with E-state index in [0.717, 1.165) is 40.4 Å². The number of carbonyl (C=O) groups excluding carboxylic acids is 1. The van der Waals surface area contributed by atoms with Gasteiger partial charge in [-0.1, -0.05) is 6.07 Å². The maximum atomic E-state index is 12.5. The largest absolute Gasteiger partial charge is 0.494 e. The Hall–Kier alpha value is -2.89. The lowest BCUT2D eigenvalue weighted by Gasteiger charge is -2.18. The second kappa shape index (κ2) is 8.00. The van der Waals surface area contributed by atoms with Crippen molar-refractivity contribution in [3.63, 3.8) is 0 Å². The van der Waals surface area contributed by atoms with E-state index in [1.807, 2.05) is 37.3 Å². The summed E-state index contributed by atoms with van der Waals surface area (Å²) in [4.78, 5) is 12.5. The van der Waals surface area contributed by atoms with Gasteiger partial charge in [-0.25, -0.2) is 0 Å². The van der Waals surface area contributed by atoms with Crippen LogP contribution in [0.15, 0.2) is 30.3 Å². The SMILES string of the molecule is CCOc1cc2c(cc1CNC(=O)Cc1ccc3c(c1)OCCO3)OC(C)C2. The smallest absolute Gasteiger partial charge is 0.224 e. The van der Waals surface area contributed by atoms with Crippen LogP contribution < -0.4 is 24.3 Å². The molecule has 1 amide bonds. The summed E-state index contributed by atoms with van der Waals surface area (Å²) in [5.74, 6) is 3.05. The summed E-state index contributed by atoms with van der Waals surface area (Å²) in [7, 11) is 0. The number of benzene rings is 2. The lowest BCUT2D eigenvalue weighted by Crippen LogP contribution is -2.25. The van der Waals surface area contributed by atoms with Crippen molar-refractivity contribution in [2.75, 3.05) is 19.8 Å². The molecule has 6 heteroatoms. The molecule has 0 saturated carbocycles. The molecular formula is C22H25NO5. The van der Waals surface area contributed by atoms with Crippen LogP contribution in [0.3, 0.4) is 0 Å². The van der Waals surface area contributed by atoms with Crippen molar-refractivity contribution in [3.05, 3.63) is 47.0 Å². The summed E-state index contributed by atoms with van der Waals surface area (Å²) in [6.07, 6.45) is 1.33. The molecule has 2 aliphatic rings. The molecular weight excluding hydrogens is 358 g/mol. The van der Waals surface area contributed by atoms with E-state index in [0.29, 0.717) is 32.1 Å². The molecule has 0 radical (unpaired) electrons. The summed E-state index contributed by atoms with van der Waals surface area (Å²) in [6.45, 7) is 6.06. The van der Waals surface area contributed by atoms with Gasteiger partial charge in [-0.2, -0.15) is 0 Å². The van der Waals surface area contributed by atoms with Gasteiger partial charge in [-0.05, 0) is 43.7 Å². The molecule has 6 nitrogen and oxygen atoms in total. The Kier molecular flexibility index (Phi) is 5.28. The topological polar surface area (TPSA) is 66.0 Å². The Balaban J connectivity index is 1.41. The maximum Gasteiger partial charge on any atom is 0.224 e. The molecule has 2 aromatic rings. The van der Waals surface area contributed by atoms with E-state index in [1.165, 1.54) is 0 Å². The Morgan fingerprint density at radius 3 is 2.79 bits per heavy atom. The van der Waals surface area contributed by atoms with E-state index < -0.39 is 0 Å². The van der Waals surface area contributed by atoms with E-state index >= 15 is 0 Å². The number of hydrogen-bond donors (Lipinski definition) is 1. The Morgan fingerprint density at radius 2 is 1.96 bits per heavy atom. The summed E-state index contributed by atoms with van der Waals surface area (Å²) in [5.41, 5.74) is 2.96. The summed E-state index contributed by atoms with van der Waals surface area (Å²) >= 11 is 0. The minimum Gasteiger partial charge on any atom is -0.494 e. The number of hydrogen-bond acceptors (Lipinski definition) is 5. The van der Waals surface area contributed by atoms with Crippen LogP contribution in [-0.2, 0) is 24.2 Å². The number of fused-ring (bicyclic) bond motifs is 2. The lowest BCUT2D eigenvalue weighted by atomic mass is 10.1. The Bertz CT molecular complexity index is 879. The van der Waals surface area contributed by atoms with E-state index in [4.69, 9.17) is 18.9 Å². The highest BCUT2D eigenvalue weighted by Gasteiger charge is 2.22. The third kappa shape index (κ3) is 4.01. The number of rotatable bonds is 6. The van der Waals surface area contributed by atoms with Crippen molar-refractivity contribution in [1.82, 2.24) is 5.32 Å². The first-order valence-corrected chi connectivity index (χ1v) is 9.73. The van der Waals surface area contributed by atoms with Gasteiger partial charge >= 0.3 is 0 Å². The predicted molar refractivity (Wildman–Crippen MR) is 104 cm³/mol. The Labute approximate surface area is 164 Å². The number of ether oxygens (including phenoxy) is 4. The normalized spacial score (nSPS) is 16.9. The molecule has 0 saturated heterocycles. The molecule has 1 atom stereocenters. The summed E-state index contributed by atoms with van der Waals surface area (Å²) in [6, 6.07) is 9.62. The summed E-state index contributed by atoms with van der Waals surface area (Å²) < 4.78 is 22.7. The third-order valence-electron chi connectivity index (χ3n) is 4.83. The van der Waals surface area contributed by atoms with Gasteiger partial charge < -0.3 is 24.3 Å². The van der Waals surface area contributed by atoms with Crippen LogP contribution in [0.25, 0.3) is 0 Å². The van der Waals surface area contributed by atoms with Crippen molar-refractivity contribution in [2.24, 2.45) is 0 Å². The van der Waals surface area contributed by atoms with Crippen LogP contribution in [0.5, 0.6) is 23.0 Å². The highest BCUT2D eigenvalue weighted by atomic mass is 16.6. The molecule has 4 rings (SSSR count). The number of nitrogens with one attached hydrogen (secondary N) is 1. The van der Waals surface area contributed by atoms with E-state index in [2.05, 4.69) is 12.2 Å². The first kappa shape index (κ1) is 18.5. The molecule has 2 heterocycles. The van der Waals surface area contributed by atoms with Gasteiger partial charge in [0.05, 0.1) is 13.0 Å². The molecule has 1 unspecified atom stereocenters. The molecule has 1 N–H and O–H groups in total. The van der Waals surface area contributed by atoms with E-state index in [1.54, 1.807) is 0 Å². The van der Waals surface area contributed by atoms with Gasteiger partial charge in [-0.15, -0.1) is 0 Å². The fourth-order valence-corrected chi connectivity index (χ4v) is 3.55. The van der Waals surface area contributed by atoms with Crippen molar-refractivity contribution in [1.29, 1.82) is 0 Å². The molecule has 0 aliphatic carbocycles. The van der Waals surface area contributed by atoms with Crippen LogP contribution in [0.2, 0.25) is 0 Å². The van der Waals surface area contributed by atoms with Crippen LogP contribution in [0.1, 0.15) is 30.5 Å². The molecule has 0 aromatic heterocycles. The predicted octanol–water partition coefficient (Wildman–Crippen LogP) is 3.04. The molecule has 0 spiro atoms. The first-order valence-electron chi connectivity index (χ1n) is 9.73. The van der Waals surface area contributed by atoms with Crippen molar-refractivity contribution in [3.8, 4) is 23.0 Å². The van der Waals surface area contributed by atoms with Crippen molar-refractivity contribution < 1.29 is 23.7 Å². The van der Waals surface area contributed by atoms with Gasteiger partial charge in [-0.3, -0.25) is 4.79 Å². The van der Waals surface area contributed by atoms with Crippen molar-refractivity contribution in [2.45, 2.75) is 39.3 Å². The standard InChI is InChI=1S/C22H25NO5/c1-3-25-19-11-16-8-14(2)28-20(16)12-17(19)13-23-22(24)10-15-4-5-18-21(9-15)27-7-6-26-18/h4-5,9,11-12,14H,3,6-8,10,13H2,1-2H3,(H,23,24). The van der Waals surface area contributed by atoms with Crippen LogP contribution >= 0.6 is 0 Å². The molecule has 0 fully saturated rings. The highest BCUT2D eigenvalue weighted by molar-refractivity contribution is 5.79. The average Bonchev–Trinajstić information content (AvgIpc) is 3.05. The molecule has 28 heavy (non-hydrogen) atoms. The minimum absolute atomic E-state index is 0.0612. The minimum atomic E-state index is -0.0612. The van der Waals surface area contributed by atoms with E-state index in [9.17, 15) is 4.79 Å². The zero-order chi connectivity index (χ0) is 19.5. The van der Waals surface area contributed by atoms with Gasteiger partial charge in [0.25, 0.3) is 0 Å². The second-order valence-electron chi connectivity index (χ2n) is 7.06. The monoisotopic (exact) mass is 383 g/mol. The first-order chi connectivity index (χ1) is 13.6. The fourth-order valence-electron chi connectivity index (χ4n) is 3.55. The quantitative estimate of drug-likeness (QED) is 0.831. The third-order valence-corrected chi connectivity index (χ3v) is 4.83. The number of amides is 1. The molecule has 2 aromatic carbocycles. The van der Waals surface area contributed by atoms with Gasteiger partial charge in [0, 0.05) is 24.1 Å². The highest BCUT2D eigenvalue weighted by Crippen LogP contribution is 2.35. The Morgan fingerprint density at radius 1 is 1.14 bits per heavy atom. The number of carbonyl (C=O) groups is 1. The van der Waals surface area contributed by atoms with Crippen molar-refractivity contribution >= 4 is 5.91 Å². The zero-order valence-electron chi connectivity index (χ0n) is 16.2. The summed E-state index contributed by atoms with van der Waals surface area (Å²) in [5, 5.41) is 2.98.